The molecule has 33 heavy (non-hydrogen) atoms. The van der Waals surface area contributed by atoms with E-state index in [-0.39, 0.29) is 11.8 Å². The standard InChI is InChI=1S/C26H24ClN3O3/c1-16-7-4-5-10-21(16)30-23(17-11-13-19(14-12-17)28(2)3)22-24(33-30)26(32)29(25(22)31)20-9-6-8-18(27)15-20/h4-15,22-24H,1-3H3/t22-,23-,24-/m1/s1. The number of nitrogens with zero attached hydrogens (tertiary/aromatic N) is 3. The minimum Gasteiger partial charge on any atom is -0.378 e. The van der Waals surface area contributed by atoms with Gasteiger partial charge in [-0.1, -0.05) is 48.0 Å². The maximum absolute atomic E-state index is 13.7. The van der Waals surface area contributed by atoms with Crippen LogP contribution in [0.5, 0.6) is 0 Å². The van der Waals surface area contributed by atoms with Gasteiger partial charge in [-0.15, -0.1) is 0 Å². The van der Waals surface area contributed by atoms with E-state index in [9.17, 15) is 9.59 Å². The molecule has 0 N–H and O–H groups in total. The molecule has 0 aromatic heterocycles. The molecule has 0 radical (unpaired) electrons. The molecule has 2 aliphatic rings. The highest BCUT2D eigenvalue weighted by atomic mass is 35.5. The van der Waals surface area contributed by atoms with Crippen LogP contribution in [-0.4, -0.2) is 32.0 Å². The second-order valence-electron chi connectivity index (χ2n) is 8.59. The fourth-order valence-electron chi connectivity index (χ4n) is 4.61. The number of amides is 2. The molecular formula is C26H24ClN3O3. The zero-order valence-corrected chi connectivity index (χ0v) is 19.4. The van der Waals surface area contributed by atoms with Gasteiger partial charge in [-0.3, -0.25) is 14.4 Å². The number of carbonyl (C=O) groups is 2. The normalized spacial score (nSPS) is 22.1. The van der Waals surface area contributed by atoms with E-state index < -0.39 is 18.1 Å². The molecule has 2 amide bonds. The average molecular weight is 462 g/mol. The number of benzene rings is 3. The molecule has 0 bridgehead atoms. The number of rotatable bonds is 4. The molecule has 2 heterocycles. The van der Waals surface area contributed by atoms with Gasteiger partial charge >= 0.3 is 0 Å². The molecule has 0 saturated carbocycles. The van der Waals surface area contributed by atoms with Crippen molar-refractivity contribution in [3.05, 3.63) is 88.9 Å². The summed E-state index contributed by atoms with van der Waals surface area (Å²) in [5.74, 6) is -1.34. The van der Waals surface area contributed by atoms with Gasteiger partial charge in [-0.05, 0) is 54.4 Å². The predicted molar refractivity (Wildman–Crippen MR) is 129 cm³/mol. The smallest absolute Gasteiger partial charge is 0.266 e. The monoisotopic (exact) mass is 461 g/mol. The van der Waals surface area contributed by atoms with E-state index in [2.05, 4.69) is 0 Å². The lowest BCUT2D eigenvalue weighted by atomic mass is 9.90. The van der Waals surface area contributed by atoms with Crippen molar-refractivity contribution in [3.63, 3.8) is 0 Å². The van der Waals surface area contributed by atoms with E-state index in [4.69, 9.17) is 16.4 Å². The van der Waals surface area contributed by atoms with Crippen molar-refractivity contribution in [3.8, 4) is 0 Å². The molecule has 0 spiro atoms. The van der Waals surface area contributed by atoms with E-state index in [1.165, 1.54) is 4.90 Å². The molecule has 2 fully saturated rings. The highest BCUT2D eigenvalue weighted by Gasteiger charge is 2.60. The number of anilines is 3. The van der Waals surface area contributed by atoms with Crippen molar-refractivity contribution < 1.29 is 14.4 Å². The van der Waals surface area contributed by atoms with Crippen LogP contribution in [0.1, 0.15) is 17.2 Å². The summed E-state index contributed by atoms with van der Waals surface area (Å²) >= 11 is 6.13. The quantitative estimate of drug-likeness (QED) is 0.524. The summed E-state index contributed by atoms with van der Waals surface area (Å²) in [5.41, 5.74) is 4.25. The Morgan fingerprint density at radius 1 is 0.909 bits per heavy atom. The third-order valence-electron chi connectivity index (χ3n) is 6.29. The molecule has 7 heteroatoms. The van der Waals surface area contributed by atoms with Crippen molar-refractivity contribution >= 4 is 40.5 Å². The number of hydroxylamine groups is 1. The van der Waals surface area contributed by atoms with Crippen molar-refractivity contribution in [2.45, 2.75) is 19.1 Å². The summed E-state index contributed by atoms with van der Waals surface area (Å²) in [6.45, 7) is 1.99. The van der Waals surface area contributed by atoms with Crippen LogP contribution >= 0.6 is 11.6 Å². The Bertz CT molecular complexity index is 1230. The van der Waals surface area contributed by atoms with Gasteiger partial charge < -0.3 is 4.90 Å². The van der Waals surface area contributed by atoms with Gasteiger partial charge in [0.15, 0.2) is 6.10 Å². The number of fused-ring (bicyclic) bond motifs is 1. The van der Waals surface area contributed by atoms with Gasteiger partial charge in [-0.2, -0.15) is 0 Å². The third-order valence-corrected chi connectivity index (χ3v) is 6.52. The highest BCUT2D eigenvalue weighted by molar-refractivity contribution is 6.31. The largest absolute Gasteiger partial charge is 0.378 e. The lowest BCUT2D eigenvalue weighted by Crippen LogP contribution is -2.37. The van der Waals surface area contributed by atoms with Gasteiger partial charge in [-0.25, -0.2) is 9.96 Å². The molecule has 2 aliphatic heterocycles. The summed E-state index contributed by atoms with van der Waals surface area (Å²) in [4.78, 5) is 36.5. The SMILES string of the molecule is Cc1ccccc1N1O[C@H]2C(=O)N(c3cccc(Cl)c3)C(=O)[C@@H]2[C@H]1c1ccc(N(C)C)cc1. The lowest BCUT2D eigenvalue weighted by Gasteiger charge is -2.30. The van der Waals surface area contributed by atoms with Crippen molar-refractivity contribution in [1.29, 1.82) is 0 Å². The summed E-state index contributed by atoms with van der Waals surface area (Å²) in [5, 5.41) is 2.20. The zero-order valence-electron chi connectivity index (χ0n) is 18.6. The van der Waals surface area contributed by atoms with Crippen LogP contribution in [0.4, 0.5) is 17.1 Å². The summed E-state index contributed by atoms with van der Waals surface area (Å²) < 4.78 is 0. The summed E-state index contributed by atoms with van der Waals surface area (Å²) in [7, 11) is 3.96. The van der Waals surface area contributed by atoms with Crippen LogP contribution in [0.2, 0.25) is 5.02 Å². The number of hydrogen-bond acceptors (Lipinski definition) is 5. The van der Waals surface area contributed by atoms with Gasteiger partial charge in [0.05, 0.1) is 17.4 Å². The first-order valence-corrected chi connectivity index (χ1v) is 11.2. The highest BCUT2D eigenvalue weighted by Crippen LogP contribution is 2.48. The molecule has 3 aromatic carbocycles. The molecule has 168 valence electrons. The number of carbonyl (C=O) groups excluding carboxylic acids is 2. The number of hydrogen-bond donors (Lipinski definition) is 0. The number of imide groups is 1. The van der Waals surface area contributed by atoms with Gasteiger partial charge in [0.1, 0.15) is 5.92 Å². The molecule has 0 unspecified atom stereocenters. The van der Waals surface area contributed by atoms with Crippen molar-refractivity contribution in [2.75, 3.05) is 29.0 Å². The van der Waals surface area contributed by atoms with Gasteiger partial charge in [0.25, 0.3) is 5.91 Å². The fraction of sp³-hybridized carbons (Fsp3) is 0.231. The van der Waals surface area contributed by atoms with E-state index in [0.717, 1.165) is 22.5 Å². The fourth-order valence-corrected chi connectivity index (χ4v) is 4.80. The number of para-hydroxylation sites is 1. The van der Waals surface area contributed by atoms with Crippen molar-refractivity contribution in [2.24, 2.45) is 5.92 Å². The van der Waals surface area contributed by atoms with Crippen LogP contribution in [0.15, 0.2) is 72.8 Å². The van der Waals surface area contributed by atoms with Crippen LogP contribution in [0, 0.1) is 12.8 Å². The maximum atomic E-state index is 13.7. The first-order chi connectivity index (χ1) is 15.9. The Morgan fingerprint density at radius 2 is 1.64 bits per heavy atom. The first-order valence-electron chi connectivity index (χ1n) is 10.8. The second kappa shape index (κ2) is 8.21. The lowest BCUT2D eigenvalue weighted by molar-refractivity contribution is -0.126. The average Bonchev–Trinajstić information content (AvgIpc) is 3.30. The number of aryl methyl sites for hydroxylation is 1. The minimum atomic E-state index is -0.908. The Labute approximate surface area is 197 Å². The molecule has 2 saturated heterocycles. The zero-order chi connectivity index (χ0) is 23.3. The van der Waals surface area contributed by atoms with Crippen LogP contribution in [0.25, 0.3) is 0 Å². The maximum Gasteiger partial charge on any atom is 0.266 e. The molecule has 3 aromatic rings. The molecule has 6 nitrogen and oxygen atoms in total. The van der Waals surface area contributed by atoms with E-state index in [1.54, 1.807) is 29.3 Å². The Balaban J connectivity index is 1.59. The predicted octanol–water partition coefficient (Wildman–Crippen LogP) is 4.77. The van der Waals surface area contributed by atoms with Crippen molar-refractivity contribution in [1.82, 2.24) is 0 Å². The van der Waals surface area contributed by atoms with E-state index >= 15 is 0 Å². The third kappa shape index (κ3) is 3.56. The Hall–Kier alpha value is -3.35. The van der Waals surface area contributed by atoms with Crippen LogP contribution < -0.4 is 14.9 Å². The molecule has 5 rings (SSSR count). The first kappa shape index (κ1) is 21.5. The summed E-state index contributed by atoms with van der Waals surface area (Å²) in [6.07, 6.45) is -0.908. The Kier molecular flexibility index (Phi) is 5.35. The van der Waals surface area contributed by atoms with E-state index in [1.807, 2.05) is 74.4 Å². The van der Waals surface area contributed by atoms with Gasteiger partial charge in [0.2, 0.25) is 5.91 Å². The Morgan fingerprint density at radius 3 is 2.30 bits per heavy atom. The second-order valence-corrected chi connectivity index (χ2v) is 9.02. The van der Waals surface area contributed by atoms with Gasteiger partial charge in [0, 0.05) is 24.8 Å². The van der Waals surface area contributed by atoms with Crippen LogP contribution in [-0.2, 0) is 14.4 Å². The van der Waals surface area contributed by atoms with E-state index in [0.29, 0.717) is 10.7 Å². The molecule has 3 atom stereocenters. The van der Waals surface area contributed by atoms with Crippen LogP contribution in [0.3, 0.4) is 0 Å². The number of halogens is 1. The molecular weight excluding hydrogens is 438 g/mol. The minimum absolute atomic E-state index is 0.287. The summed E-state index contributed by atoms with van der Waals surface area (Å²) in [6, 6.07) is 22.1. The topological polar surface area (TPSA) is 53.1 Å². The molecule has 0 aliphatic carbocycles.